The van der Waals surface area contributed by atoms with E-state index in [4.69, 9.17) is 0 Å². The second-order valence-corrected chi connectivity index (χ2v) is 5.37. The number of nitrogens with zero attached hydrogens (tertiary/aromatic N) is 2. The Morgan fingerprint density at radius 2 is 2.05 bits per heavy atom. The van der Waals surface area contributed by atoms with Gasteiger partial charge in [0.15, 0.2) is 0 Å². The fraction of sp³-hybridized carbons (Fsp3) is 0.429. The van der Waals surface area contributed by atoms with Gasteiger partial charge in [-0.05, 0) is 39.3 Å². The van der Waals surface area contributed by atoms with E-state index in [1.807, 2.05) is 32.2 Å². The fourth-order valence-electron chi connectivity index (χ4n) is 2.19. The second kappa shape index (κ2) is 5.57. The quantitative estimate of drug-likeness (QED) is 0.927. The molecular formula is C14H19N3OS. The maximum atomic E-state index is 12.1. The van der Waals surface area contributed by atoms with Crippen molar-refractivity contribution in [3.63, 3.8) is 0 Å². The number of pyridine rings is 1. The van der Waals surface area contributed by atoms with Crippen LogP contribution in [0.4, 0.5) is 10.5 Å². The van der Waals surface area contributed by atoms with Crippen LogP contribution in [-0.2, 0) is 0 Å². The first-order valence-electron chi connectivity index (χ1n) is 6.48. The number of fused-ring (bicyclic) bond motifs is 1. The highest BCUT2D eigenvalue weighted by atomic mass is 32.1. The number of nitrogens with one attached hydrogen (secondary N) is 1. The van der Waals surface area contributed by atoms with Gasteiger partial charge in [0.1, 0.15) is 4.83 Å². The van der Waals surface area contributed by atoms with Crippen LogP contribution in [0.15, 0.2) is 11.4 Å². The Kier molecular flexibility index (Phi) is 4.04. The zero-order chi connectivity index (χ0) is 14.0. The largest absolute Gasteiger partial charge is 0.325 e. The van der Waals surface area contributed by atoms with Crippen molar-refractivity contribution in [1.29, 1.82) is 0 Å². The van der Waals surface area contributed by atoms with Crippen LogP contribution in [0.5, 0.6) is 0 Å². The van der Waals surface area contributed by atoms with Crippen LogP contribution < -0.4 is 5.32 Å². The van der Waals surface area contributed by atoms with Crippen molar-refractivity contribution in [2.24, 2.45) is 0 Å². The van der Waals surface area contributed by atoms with Crippen molar-refractivity contribution >= 4 is 33.3 Å². The summed E-state index contributed by atoms with van der Waals surface area (Å²) in [4.78, 5) is 19.3. The molecular weight excluding hydrogens is 258 g/mol. The van der Waals surface area contributed by atoms with Crippen LogP contribution in [0.3, 0.4) is 0 Å². The summed E-state index contributed by atoms with van der Waals surface area (Å²) in [6, 6.07) is 1.99. The maximum Gasteiger partial charge on any atom is 0.321 e. The number of aromatic nitrogens is 1. The molecule has 4 nitrogen and oxygen atoms in total. The molecule has 0 aromatic carbocycles. The SMILES string of the molecule is CCN(CC)C(=O)Nc1csc2nc(C)cc(C)c12. The van der Waals surface area contributed by atoms with Crippen molar-refractivity contribution < 1.29 is 4.79 Å². The standard InChI is InChI=1S/C14H19N3OS/c1-5-17(6-2)14(18)16-11-8-19-13-12(11)9(3)7-10(4)15-13/h7-8H,5-6H2,1-4H3,(H,16,18). The number of rotatable bonds is 3. The molecule has 0 aliphatic rings. The Hall–Kier alpha value is -1.62. The predicted octanol–water partition coefficient (Wildman–Crippen LogP) is 3.79. The van der Waals surface area contributed by atoms with E-state index >= 15 is 0 Å². The molecule has 0 aliphatic heterocycles. The van der Waals surface area contributed by atoms with Gasteiger partial charge in [0.05, 0.1) is 5.69 Å². The third kappa shape index (κ3) is 2.71. The number of carbonyl (C=O) groups excluding carboxylic acids is 1. The van der Waals surface area contributed by atoms with Gasteiger partial charge in [0.2, 0.25) is 0 Å². The first-order chi connectivity index (χ1) is 9.06. The van der Waals surface area contributed by atoms with Gasteiger partial charge >= 0.3 is 6.03 Å². The first kappa shape index (κ1) is 13.8. The minimum absolute atomic E-state index is 0.0512. The topological polar surface area (TPSA) is 45.2 Å². The van der Waals surface area contributed by atoms with Crippen LogP contribution >= 0.6 is 11.3 Å². The number of hydrogen-bond acceptors (Lipinski definition) is 3. The maximum absolute atomic E-state index is 12.1. The summed E-state index contributed by atoms with van der Waals surface area (Å²) >= 11 is 1.57. The van der Waals surface area contributed by atoms with Crippen LogP contribution in [0.25, 0.3) is 10.2 Å². The van der Waals surface area contributed by atoms with Crippen molar-refractivity contribution in [1.82, 2.24) is 9.88 Å². The van der Waals surface area contributed by atoms with Gasteiger partial charge in [-0.15, -0.1) is 11.3 Å². The molecule has 1 N–H and O–H groups in total. The molecule has 0 saturated heterocycles. The number of anilines is 1. The van der Waals surface area contributed by atoms with Gasteiger partial charge in [-0.2, -0.15) is 0 Å². The molecule has 0 unspecified atom stereocenters. The summed E-state index contributed by atoms with van der Waals surface area (Å²) in [6.07, 6.45) is 0. The van der Waals surface area contributed by atoms with Crippen molar-refractivity contribution in [3.05, 3.63) is 22.7 Å². The zero-order valence-corrected chi connectivity index (χ0v) is 12.6. The summed E-state index contributed by atoms with van der Waals surface area (Å²) < 4.78 is 0. The fourth-order valence-corrected chi connectivity index (χ4v) is 3.18. The smallest absolute Gasteiger partial charge is 0.321 e. The lowest BCUT2D eigenvalue weighted by atomic mass is 10.1. The molecule has 0 radical (unpaired) electrons. The lowest BCUT2D eigenvalue weighted by molar-refractivity contribution is 0.217. The minimum Gasteiger partial charge on any atom is -0.325 e. The van der Waals surface area contributed by atoms with Gasteiger partial charge in [-0.3, -0.25) is 0 Å². The van der Waals surface area contributed by atoms with E-state index in [0.29, 0.717) is 13.1 Å². The molecule has 2 aromatic rings. The summed E-state index contributed by atoms with van der Waals surface area (Å²) in [6.45, 7) is 9.41. The van der Waals surface area contributed by atoms with Gasteiger partial charge in [0.25, 0.3) is 0 Å². The van der Waals surface area contributed by atoms with Gasteiger partial charge < -0.3 is 10.2 Å². The predicted molar refractivity (Wildman–Crippen MR) is 81.0 cm³/mol. The molecule has 2 heterocycles. The summed E-state index contributed by atoms with van der Waals surface area (Å²) in [5.74, 6) is 0. The number of hydrogen-bond donors (Lipinski definition) is 1. The number of aryl methyl sites for hydroxylation is 2. The highest BCUT2D eigenvalue weighted by Crippen LogP contribution is 2.32. The molecule has 0 bridgehead atoms. The summed E-state index contributed by atoms with van der Waals surface area (Å²) in [5.41, 5.74) is 3.02. The monoisotopic (exact) mass is 277 g/mol. The number of urea groups is 1. The average molecular weight is 277 g/mol. The van der Waals surface area contributed by atoms with Crippen molar-refractivity contribution in [2.75, 3.05) is 18.4 Å². The Balaban J connectivity index is 2.34. The van der Waals surface area contributed by atoms with E-state index in [2.05, 4.69) is 17.2 Å². The Bertz CT molecular complexity index is 602. The Labute approximate surface area is 117 Å². The third-order valence-corrected chi connectivity index (χ3v) is 4.03. The van der Waals surface area contributed by atoms with Crippen molar-refractivity contribution in [3.8, 4) is 0 Å². The van der Waals surface area contributed by atoms with E-state index in [-0.39, 0.29) is 6.03 Å². The molecule has 0 atom stereocenters. The summed E-state index contributed by atoms with van der Waals surface area (Å²) in [7, 11) is 0. The minimum atomic E-state index is -0.0512. The molecule has 2 rings (SSSR count). The second-order valence-electron chi connectivity index (χ2n) is 4.51. The number of amides is 2. The van der Waals surface area contributed by atoms with Gasteiger partial charge in [0, 0.05) is 29.5 Å². The van der Waals surface area contributed by atoms with E-state index in [9.17, 15) is 4.79 Å². The van der Waals surface area contributed by atoms with Crippen LogP contribution in [0.1, 0.15) is 25.1 Å². The van der Waals surface area contributed by atoms with Crippen molar-refractivity contribution in [2.45, 2.75) is 27.7 Å². The van der Waals surface area contributed by atoms with Gasteiger partial charge in [-0.1, -0.05) is 0 Å². The lowest BCUT2D eigenvalue weighted by Gasteiger charge is -2.19. The molecule has 2 aromatic heterocycles. The molecule has 0 spiro atoms. The van der Waals surface area contributed by atoms with E-state index < -0.39 is 0 Å². The molecule has 5 heteroatoms. The molecule has 19 heavy (non-hydrogen) atoms. The average Bonchev–Trinajstić information content (AvgIpc) is 2.73. The third-order valence-electron chi connectivity index (χ3n) is 3.16. The highest BCUT2D eigenvalue weighted by Gasteiger charge is 2.14. The Morgan fingerprint density at radius 3 is 2.68 bits per heavy atom. The number of thiophene rings is 1. The first-order valence-corrected chi connectivity index (χ1v) is 7.36. The normalized spacial score (nSPS) is 10.7. The lowest BCUT2D eigenvalue weighted by Crippen LogP contribution is -2.34. The van der Waals surface area contributed by atoms with Gasteiger partial charge in [-0.25, -0.2) is 9.78 Å². The molecule has 0 fully saturated rings. The number of carbonyl (C=O) groups is 1. The van der Waals surface area contributed by atoms with Crippen LogP contribution in [-0.4, -0.2) is 29.0 Å². The summed E-state index contributed by atoms with van der Waals surface area (Å²) in [5, 5.41) is 6.00. The molecule has 0 aliphatic carbocycles. The van der Waals surface area contributed by atoms with E-state index in [1.165, 1.54) is 0 Å². The van der Waals surface area contributed by atoms with E-state index in [0.717, 1.165) is 27.2 Å². The molecule has 2 amide bonds. The highest BCUT2D eigenvalue weighted by molar-refractivity contribution is 7.17. The Morgan fingerprint density at radius 1 is 1.37 bits per heavy atom. The van der Waals surface area contributed by atoms with E-state index in [1.54, 1.807) is 16.2 Å². The zero-order valence-electron chi connectivity index (χ0n) is 11.8. The molecule has 0 saturated carbocycles. The van der Waals surface area contributed by atoms with Crippen LogP contribution in [0.2, 0.25) is 0 Å². The van der Waals surface area contributed by atoms with Crippen LogP contribution in [0, 0.1) is 13.8 Å². The molecule has 102 valence electrons.